The van der Waals surface area contributed by atoms with Gasteiger partial charge in [0.25, 0.3) is 5.91 Å². The summed E-state index contributed by atoms with van der Waals surface area (Å²) in [7, 11) is 1.51. The molecule has 0 atom stereocenters. The molecule has 1 amide bonds. The minimum atomic E-state index is -0.838. The number of hydrogen-bond donors (Lipinski definition) is 2. The Morgan fingerprint density at radius 3 is 2.45 bits per heavy atom. The molecule has 0 aliphatic carbocycles. The molecule has 104 valence electrons. The van der Waals surface area contributed by atoms with Gasteiger partial charge in [0.2, 0.25) is 0 Å². The molecule has 0 saturated heterocycles. The van der Waals surface area contributed by atoms with E-state index in [4.69, 9.17) is 20.9 Å². The van der Waals surface area contributed by atoms with Crippen LogP contribution in [0.5, 0.6) is 17.2 Å². The van der Waals surface area contributed by atoms with Crippen molar-refractivity contribution in [3.8, 4) is 17.2 Å². The van der Waals surface area contributed by atoms with Gasteiger partial charge >= 0.3 is 0 Å². The number of rotatable bonds is 4. The number of nitrogen functional groups attached to an aromatic ring is 1. The monoisotopic (exact) mass is 276 g/mol. The number of ether oxygens (including phenoxy) is 2. The highest BCUT2D eigenvalue weighted by atomic mass is 19.1. The van der Waals surface area contributed by atoms with Crippen LogP contribution in [0.1, 0.15) is 10.4 Å². The summed E-state index contributed by atoms with van der Waals surface area (Å²) in [6.45, 7) is 0. The second-order valence-electron chi connectivity index (χ2n) is 4.01. The Labute approximate surface area is 114 Å². The summed E-state index contributed by atoms with van der Waals surface area (Å²) in [6, 6.07) is 8.63. The zero-order valence-corrected chi connectivity index (χ0v) is 10.7. The van der Waals surface area contributed by atoms with E-state index in [-0.39, 0.29) is 11.3 Å². The molecule has 0 aliphatic heterocycles. The maximum absolute atomic E-state index is 13.6. The number of methoxy groups -OCH3 is 1. The number of amides is 1. The van der Waals surface area contributed by atoms with Gasteiger partial charge in [-0.05, 0) is 24.3 Å². The third-order valence-corrected chi connectivity index (χ3v) is 2.65. The van der Waals surface area contributed by atoms with E-state index in [0.717, 1.165) is 6.07 Å². The van der Waals surface area contributed by atoms with Crippen LogP contribution in [0.4, 0.5) is 10.1 Å². The van der Waals surface area contributed by atoms with Gasteiger partial charge in [-0.3, -0.25) is 4.79 Å². The SMILES string of the molecule is COc1ccc(N)c(Oc2ccc(C(N)=O)c(F)c2)c1. The van der Waals surface area contributed by atoms with E-state index in [9.17, 15) is 9.18 Å². The van der Waals surface area contributed by atoms with Crippen LogP contribution < -0.4 is 20.9 Å². The van der Waals surface area contributed by atoms with Crippen molar-refractivity contribution in [2.45, 2.75) is 0 Å². The minimum absolute atomic E-state index is 0.198. The Bertz CT molecular complexity index is 659. The summed E-state index contributed by atoms with van der Waals surface area (Å²) in [5, 5.41) is 0. The number of hydrogen-bond acceptors (Lipinski definition) is 4. The number of benzene rings is 2. The van der Waals surface area contributed by atoms with Gasteiger partial charge in [-0.25, -0.2) is 4.39 Å². The van der Waals surface area contributed by atoms with Crippen LogP contribution in [0.3, 0.4) is 0 Å². The van der Waals surface area contributed by atoms with Gasteiger partial charge < -0.3 is 20.9 Å². The molecule has 2 aromatic carbocycles. The molecule has 2 rings (SSSR count). The average molecular weight is 276 g/mol. The van der Waals surface area contributed by atoms with E-state index in [1.807, 2.05) is 0 Å². The largest absolute Gasteiger partial charge is 0.497 e. The lowest BCUT2D eigenvalue weighted by Crippen LogP contribution is -2.12. The molecule has 5 nitrogen and oxygen atoms in total. The van der Waals surface area contributed by atoms with Crippen molar-refractivity contribution in [3.63, 3.8) is 0 Å². The maximum Gasteiger partial charge on any atom is 0.251 e. The number of primary amides is 1. The first kappa shape index (κ1) is 13.7. The number of anilines is 1. The summed E-state index contributed by atoms with van der Waals surface area (Å²) >= 11 is 0. The van der Waals surface area contributed by atoms with E-state index in [1.165, 1.54) is 19.2 Å². The summed E-state index contributed by atoms with van der Waals surface area (Å²) in [5.74, 6) is -0.502. The molecule has 0 aliphatic rings. The van der Waals surface area contributed by atoms with Crippen LogP contribution in [0.25, 0.3) is 0 Å². The quantitative estimate of drug-likeness (QED) is 0.839. The Morgan fingerprint density at radius 2 is 1.85 bits per heavy atom. The highest BCUT2D eigenvalue weighted by Crippen LogP contribution is 2.31. The summed E-state index contributed by atoms with van der Waals surface area (Å²) in [5.41, 5.74) is 11.0. The van der Waals surface area contributed by atoms with Gasteiger partial charge in [-0.1, -0.05) is 0 Å². The number of nitrogens with two attached hydrogens (primary N) is 2. The summed E-state index contributed by atoms with van der Waals surface area (Å²) in [4.78, 5) is 10.9. The zero-order chi connectivity index (χ0) is 14.7. The molecule has 4 N–H and O–H groups in total. The van der Waals surface area contributed by atoms with Crippen molar-refractivity contribution in [1.29, 1.82) is 0 Å². The normalized spacial score (nSPS) is 10.1. The maximum atomic E-state index is 13.6. The van der Waals surface area contributed by atoms with E-state index in [1.54, 1.807) is 18.2 Å². The first-order valence-electron chi connectivity index (χ1n) is 5.72. The standard InChI is InChI=1S/C14H13FN2O3/c1-19-8-3-5-12(16)13(7-8)20-9-2-4-10(14(17)18)11(15)6-9/h2-7H,16H2,1H3,(H2,17,18). The molecule has 0 fully saturated rings. The number of halogens is 1. The van der Waals surface area contributed by atoms with Gasteiger partial charge in [0.05, 0.1) is 18.4 Å². The predicted molar refractivity (Wildman–Crippen MR) is 72.4 cm³/mol. The third-order valence-electron chi connectivity index (χ3n) is 2.65. The highest BCUT2D eigenvalue weighted by molar-refractivity contribution is 5.93. The van der Waals surface area contributed by atoms with Gasteiger partial charge in [-0.2, -0.15) is 0 Å². The van der Waals surface area contributed by atoms with Crippen LogP contribution in [0, 0.1) is 5.82 Å². The van der Waals surface area contributed by atoms with Crippen LogP contribution >= 0.6 is 0 Å². The Balaban J connectivity index is 2.30. The molecule has 0 radical (unpaired) electrons. The molecular weight excluding hydrogens is 263 g/mol. The van der Waals surface area contributed by atoms with Crippen molar-refractivity contribution in [3.05, 3.63) is 47.8 Å². The molecule has 0 heterocycles. The number of carbonyl (C=O) groups excluding carboxylic acids is 1. The van der Waals surface area contributed by atoms with Crippen molar-refractivity contribution in [2.75, 3.05) is 12.8 Å². The second kappa shape index (κ2) is 5.48. The zero-order valence-electron chi connectivity index (χ0n) is 10.7. The van der Waals surface area contributed by atoms with Crippen molar-refractivity contribution >= 4 is 11.6 Å². The van der Waals surface area contributed by atoms with Crippen LogP contribution in [0.15, 0.2) is 36.4 Å². The number of carbonyl (C=O) groups is 1. The molecule has 0 bridgehead atoms. The van der Waals surface area contributed by atoms with Crippen molar-refractivity contribution < 1.29 is 18.7 Å². The average Bonchev–Trinajstić information content (AvgIpc) is 2.41. The van der Waals surface area contributed by atoms with E-state index < -0.39 is 11.7 Å². The van der Waals surface area contributed by atoms with Gasteiger partial charge in [-0.15, -0.1) is 0 Å². The Kier molecular flexibility index (Phi) is 3.74. The first-order chi connectivity index (χ1) is 9.51. The molecule has 0 saturated carbocycles. The van der Waals surface area contributed by atoms with Gasteiger partial charge in [0, 0.05) is 12.1 Å². The Morgan fingerprint density at radius 1 is 1.15 bits per heavy atom. The van der Waals surface area contributed by atoms with Crippen molar-refractivity contribution in [2.24, 2.45) is 5.73 Å². The van der Waals surface area contributed by atoms with Crippen molar-refractivity contribution in [1.82, 2.24) is 0 Å². The third kappa shape index (κ3) is 2.80. The lowest BCUT2D eigenvalue weighted by Gasteiger charge is -2.10. The smallest absolute Gasteiger partial charge is 0.251 e. The molecule has 0 spiro atoms. The molecule has 0 unspecified atom stereocenters. The van der Waals surface area contributed by atoms with Crippen LogP contribution in [-0.4, -0.2) is 13.0 Å². The first-order valence-corrected chi connectivity index (χ1v) is 5.72. The topological polar surface area (TPSA) is 87.6 Å². The lowest BCUT2D eigenvalue weighted by atomic mass is 10.2. The molecule has 6 heteroatoms. The Hall–Kier alpha value is -2.76. The van der Waals surface area contributed by atoms with E-state index in [2.05, 4.69) is 0 Å². The van der Waals surface area contributed by atoms with Crippen LogP contribution in [0.2, 0.25) is 0 Å². The second-order valence-corrected chi connectivity index (χ2v) is 4.01. The fourth-order valence-corrected chi connectivity index (χ4v) is 1.62. The predicted octanol–water partition coefficient (Wildman–Crippen LogP) is 2.31. The molecular formula is C14H13FN2O3. The molecule has 2 aromatic rings. The minimum Gasteiger partial charge on any atom is -0.497 e. The fraction of sp³-hybridized carbons (Fsp3) is 0.0714. The fourth-order valence-electron chi connectivity index (χ4n) is 1.62. The van der Waals surface area contributed by atoms with E-state index >= 15 is 0 Å². The lowest BCUT2D eigenvalue weighted by molar-refractivity contribution is 0.0996. The van der Waals surface area contributed by atoms with E-state index in [0.29, 0.717) is 17.2 Å². The molecule has 20 heavy (non-hydrogen) atoms. The van der Waals surface area contributed by atoms with Crippen LogP contribution in [-0.2, 0) is 0 Å². The van der Waals surface area contributed by atoms with Gasteiger partial charge in [0.15, 0.2) is 5.75 Å². The van der Waals surface area contributed by atoms with Gasteiger partial charge in [0.1, 0.15) is 17.3 Å². The molecule has 0 aromatic heterocycles. The summed E-state index contributed by atoms with van der Waals surface area (Å²) in [6.07, 6.45) is 0. The summed E-state index contributed by atoms with van der Waals surface area (Å²) < 4.78 is 24.1. The highest BCUT2D eigenvalue weighted by Gasteiger charge is 2.11.